The van der Waals surface area contributed by atoms with Crippen LogP contribution in [0.1, 0.15) is 24.2 Å². The van der Waals surface area contributed by atoms with E-state index in [1.807, 2.05) is 6.92 Å². The van der Waals surface area contributed by atoms with Crippen molar-refractivity contribution in [3.8, 4) is 0 Å². The fourth-order valence-corrected chi connectivity index (χ4v) is 1.58. The Morgan fingerprint density at radius 1 is 1.21 bits per heavy atom. The summed E-state index contributed by atoms with van der Waals surface area (Å²) in [5, 5.41) is 8.01. The summed E-state index contributed by atoms with van der Waals surface area (Å²) in [6.07, 6.45) is 0. The van der Waals surface area contributed by atoms with Crippen LogP contribution in [0.3, 0.4) is 0 Å². The summed E-state index contributed by atoms with van der Waals surface area (Å²) in [5.74, 6) is -0.995. The summed E-state index contributed by atoms with van der Waals surface area (Å²) >= 11 is 0. The minimum absolute atomic E-state index is 0.159. The van der Waals surface area contributed by atoms with Gasteiger partial charge in [-0.1, -0.05) is 6.07 Å². The molecule has 0 aromatic heterocycles. The van der Waals surface area contributed by atoms with Gasteiger partial charge in [-0.2, -0.15) is 0 Å². The van der Waals surface area contributed by atoms with Crippen molar-refractivity contribution in [2.45, 2.75) is 13.8 Å². The third-order valence-corrected chi connectivity index (χ3v) is 2.40. The van der Waals surface area contributed by atoms with E-state index in [1.54, 1.807) is 6.07 Å². The van der Waals surface area contributed by atoms with Crippen LogP contribution in [0, 0.1) is 5.82 Å². The fourth-order valence-electron chi connectivity index (χ4n) is 1.58. The molecule has 19 heavy (non-hydrogen) atoms. The smallest absolute Gasteiger partial charge is 0.253 e. The van der Waals surface area contributed by atoms with Gasteiger partial charge in [0, 0.05) is 26.6 Å². The number of rotatable bonds is 6. The lowest BCUT2D eigenvalue weighted by Crippen LogP contribution is -2.34. The molecule has 0 aliphatic heterocycles. The number of amides is 2. The Hall–Kier alpha value is -2.11. The number of benzene rings is 1. The van der Waals surface area contributed by atoms with Crippen LogP contribution in [0.25, 0.3) is 0 Å². The van der Waals surface area contributed by atoms with Crippen LogP contribution in [0.2, 0.25) is 0 Å². The molecule has 1 aromatic rings. The number of halogens is 1. The van der Waals surface area contributed by atoms with E-state index in [4.69, 9.17) is 0 Å². The average Bonchev–Trinajstić information content (AvgIpc) is 2.36. The van der Waals surface area contributed by atoms with Gasteiger partial charge in [0.2, 0.25) is 5.91 Å². The Balaban J connectivity index is 2.66. The van der Waals surface area contributed by atoms with E-state index in [-0.39, 0.29) is 23.1 Å². The molecule has 0 heterocycles. The first-order chi connectivity index (χ1) is 9.06. The van der Waals surface area contributed by atoms with Gasteiger partial charge >= 0.3 is 0 Å². The van der Waals surface area contributed by atoms with Gasteiger partial charge < -0.3 is 16.0 Å². The van der Waals surface area contributed by atoms with Gasteiger partial charge in [0.25, 0.3) is 5.91 Å². The zero-order valence-corrected chi connectivity index (χ0v) is 11.0. The average molecular weight is 267 g/mol. The summed E-state index contributed by atoms with van der Waals surface area (Å²) in [7, 11) is 0. The summed E-state index contributed by atoms with van der Waals surface area (Å²) in [6, 6.07) is 4.33. The van der Waals surface area contributed by atoms with Crippen LogP contribution in [0.5, 0.6) is 0 Å². The van der Waals surface area contributed by atoms with Crippen LogP contribution in [0.4, 0.5) is 10.1 Å². The molecule has 1 rings (SSSR count). The van der Waals surface area contributed by atoms with Crippen LogP contribution >= 0.6 is 0 Å². The first-order valence-corrected chi connectivity index (χ1v) is 6.11. The summed E-state index contributed by atoms with van der Waals surface area (Å²) in [4.78, 5) is 22.6. The number of hydrogen-bond donors (Lipinski definition) is 3. The van der Waals surface area contributed by atoms with Crippen LogP contribution in [-0.4, -0.2) is 31.4 Å². The standard InChI is InChI=1S/C13H18FN3O2/c1-3-15-12-10(5-4-6-11(12)14)13(19)17-8-7-16-9(2)18/h4-6,15H,3,7-8H2,1-2H3,(H,16,18)(H,17,19). The lowest BCUT2D eigenvalue weighted by atomic mass is 10.1. The van der Waals surface area contributed by atoms with Gasteiger partial charge in [-0.25, -0.2) is 4.39 Å². The minimum Gasteiger partial charge on any atom is -0.382 e. The van der Waals surface area contributed by atoms with Crippen LogP contribution in [0.15, 0.2) is 18.2 Å². The Morgan fingerprint density at radius 3 is 2.53 bits per heavy atom. The minimum atomic E-state index is -0.462. The molecule has 0 radical (unpaired) electrons. The molecular weight excluding hydrogens is 249 g/mol. The summed E-state index contributed by atoms with van der Waals surface area (Å²) in [5.41, 5.74) is 0.451. The number of hydrogen-bond acceptors (Lipinski definition) is 3. The molecule has 6 heteroatoms. The molecule has 0 bridgehead atoms. The molecule has 0 saturated carbocycles. The molecule has 0 saturated heterocycles. The second-order valence-corrected chi connectivity index (χ2v) is 3.93. The number of carbonyl (C=O) groups is 2. The Kier molecular flexibility index (Phi) is 5.78. The number of anilines is 1. The Labute approximate surface area is 111 Å². The normalized spacial score (nSPS) is 9.84. The van der Waals surface area contributed by atoms with Crippen molar-refractivity contribution in [2.24, 2.45) is 0 Å². The fraction of sp³-hybridized carbons (Fsp3) is 0.385. The van der Waals surface area contributed by atoms with Crippen molar-refractivity contribution in [3.63, 3.8) is 0 Å². The van der Waals surface area contributed by atoms with Crippen LogP contribution < -0.4 is 16.0 Å². The monoisotopic (exact) mass is 267 g/mol. The Morgan fingerprint density at radius 2 is 1.89 bits per heavy atom. The second kappa shape index (κ2) is 7.35. The third kappa shape index (κ3) is 4.57. The third-order valence-electron chi connectivity index (χ3n) is 2.40. The highest BCUT2D eigenvalue weighted by atomic mass is 19.1. The zero-order chi connectivity index (χ0) is 14.3. The van der Waals surface area contributed by atoms with E-state index in [1.165, 1.54) is 19.1 Å². The van der Waals surface area contributed by atoms with E-state index in [2.05, 4.69) is 16.0 Å². The zero-order valence-electron chi connectivity index (χ0n) is 11.0. The second-order valence-electron chi connectivity index (χ2n) is 3.93. The molecule has 2 amide bonds. The van der Waals surface area contributed by atoms with Crippen molar-refractivity contribution in [1.82, 2.24) is 10.6 Å². The molecule has 0 atom stereocenters. The maximum atomic E-state index is 13.6. The van der Waals surface area contributed by atoms with E-state index >= 15 is 0 Å². The lowest BCUT2D eigenvalue weighted by Gasteiger charge is -2.12. The van der Waals surface area contributed by atoms with Crippen molar-refractivity contribution in [2.75, 3.05) is 25.0 Å². The quantitative estimate of drug-likeness (QED) is 0.677. The first kappa shape index (κ1) is 14.9. The molecule has 104 valence electrons. The van der Waals surface area contributed by atoms with E-state index in [9.17, 15) is 14.0 Å². The molecule has 3 N–H and O–H groups in total. The number of carbonyl (C=O) groups excluding carboxylic acids is 2. The predicted octanol–water partition coefficient (Wildman–Crippen LogP) is 1.12. The van der Waals surface area contributed by atoms with Gasteiger partial charge in [-0.3, -0.25) is 9.59 Å². The number of nitrogens with one attached hydrogen (secondary N) is 3. The largest absolute Gasteiger partial charge is 0.382 e. The molecule has 1 aromatic carbocycles. The van der Waals surface area contributed by atoms with Crippen molar-refractivity contribution in [3.05, 3.63) is 29.6 Å². The molecule has 0 spiro atoms. The number of para-hydroxylation sites is 1. The maximum Gasteiger partial charge on any atom is 0.253 e. The van der Waals surface area contributed by atoms with Gasteiger partial charge in [-0.15, -0.1) is 0 Å². The molecule has 5 nitrogen and oxygen atoms in total. The van der Waals surface area contributed by atoms with Crippen molar-refractivity contribution in [1.29, 1.82) is 0 Å². The highest BCUT2D eigenvalue weighted by molar-refractivity contribution is 5.99. The Bertz CT molecular complexity index is 463. The maximum absolute atomic E-state index is 13.6. The highest BCUT2D eigenvalue weighted by Gasteiger charge is 2.13. The van der Waals surface area contributed by atoms with Crippen LogP contribution in [-0.2, 0) is 4.79 Å². The summed E-state index contributed by atoms with van der Waals surface area (Å²) < 4.78 is 13.6. The van der Waals surface area contributed by atoms with E-state index in [0.29, 0.717) is 19.6 Å². The van der Waals surface area contributed by atoms with Crippen molar-refractivity contribution < 1.29 is 14.0 Å². The van der Waals surface area contributed by atoms with E-state index in [0.717, 1.165) is 0 Å². The summed E-state index contributed by atoms with van der Waals surface area (Å²) in [6.45, 7) is 4.38. The topological polar surface area (TPSA) is 70.2 Å². The van der Waals surface area contributed by atoms with Crippen molar-refractivity contribution >= 4 is 17.5 Å². The molecule has 0 aliphatic rings. The predicted molar refractivity (Wildman–Crippen MR) is 71.6 cm³/mol. The van der Waals surface area contributed by atoms with Gasteiger partial charge in [0.05, 0.1) is 11.3 Å². The first-order valence-electron chi connectivity index (χ1n) is 6.11. The highest BCUT2D eigenvalue weighted by Crippen LogP contribution is 2.19. The molecule has 0 fully saturated rings. The molecule has 0 unspecified atom stereocenters. The molecule has 0 aliphatic carbocycles. The lowest BCUT2D eigenvalue weighted by molar-refractivity contribution is -0.118. The molecular formula is C13H18FN3O2. The van der Waals surface area contributed by atoms with E-state index < -0.39 is 5.82 Å². The van der Waals surface area contributed by atoms with Gasteiger partial charge in [-0.05, 0) is 19.1 Å². The van der Waals surface area contributed by atoms with Gasteiger partial charge in [0.1, 0.15) is 5.82 Å². The van der Waals surface area contributed by atoms with Gasteiger partial charge in [0.15, 0.2) is 0 Å². The SMILES string of the molecule is CCNc1c(F)cccc1C(=O)NCCNC(C)=O.